The van der Waals surface area contributed by atoms with Gasteiger partial charge in [-0.25, -0.2) is 0 Å². The molecule has 1 aromatic rings. The maximum Gasteiger partial charge on any atom is 0.0866 e. The fraction of sp³-hybridized carbons (Fsp3) is 0.500. The van der Waals surface area contributed by atoms with Crippen molar-refractivity contribution in [3.05, 3.63) is 35.4 Å². The van der Waals surface area contributed by atoms with Gasteiger partial charge in [-0.1, -0.05) is 24.3 Å². The molecule has 0 saturated carbocycles. The van der Waals surface area contributed by atoms with Gasteiger partial charge in [-0.3, -0.25) is 4.90 Å². The van der Waals surface area contributed by atoms with Gasteiger partial charge in [-0.05, 0) is 24.0 Å². The fourth-order valence-corrected chi connectivity index (χ4v) is 3.14. The lowest BCUT2D eigenvalue weighted by molar-refractivity contribution is 0.154. The van der Waals surface area contributed by atoms with Crippen LogP contribution in [-0.2, 0) is 12.1 Å². The van der Waals surface area contributed by atoms with Crippen LogP contribution in [0.1, 0.15) is 24.0 Å². The summed E-state index contributed by atoms with van der Waals surface area (Å²) in [6.07, 6.45) is 2.23. The SMILES string of the molecule is N#CCN1CCC2(CC1)NCc1ccccc12. The number of nitrogens with zero attached hydrogens (tertiary/aromatic N) is 2. The second kappa shape index (κ2) is 4.14. The molecule has 0 radical (unpaired) electrons. The molecule has 88 valence electrons. The van der Waals surface area contributed by atoms with Crippen molar-refractivity contribution >= 4 is 0 Å². The van der Waals surface area contributed by atoms with Crippen LogP contribution in [0.3, 0.4) is 0 Å². The van der Waals surface area contributed by atoms with E-state index in [-0.39, 0.29) is 5.54 Å². The van der Waals surface area contributed by atoms with Crippen LogP contribution in [0, 0.1) is 11.3 Å². The Balaban J connectivity index is 1.80. The third kappa shape index (κ3) is 1.74. The molecule has 0 aromatic heterocycles. The Morgan fingerprint density at radius 1 is 1.29 bits per heavy atom. The molecule has 3 nitrogen and oxygen atoms in total. The normalized spacial score (nSPS) is 22.3. The second-order valence-corrected chi connectivity index (χ2v) is 5.03. The molecule has 3 heteroatoms. The Hall–Kier alpha value is -1.37. The van der Waals surface area contributed by atoms with Crippen molar-refractivity contribution in [3.63, 3.8) is 0 Å². The van der Waals surface area contributed by atoms with Crippen LogP contribution >= 0.6 is 0 Å². The van der Waals surface area contributed by atoms with Crippen molar-refractivity contribution < 1.29 is 0 Å². The summed E-state index contributed by atoms with van der Waals surface area (Å²) in [5, 5.41) is 12.4. The number of fused-ring (bicyclic) bond motifs is 2. The zero-order valence-electron chi connectivity index (χ0n) is 9.95. The molecule has 0 amide bonds. The summed E-state index contributed by atoms with van der Waals surface area (Å²) in [5.41, 5.74) is 3.11. The van der Waals surface area contributed by atoms with E-state index in [2.05, 4.69) is 40.6 Å². The highest BCUT2D eigenvalue weighted by atomic mass is 15.2. The van der Waals surface area contributed by atoms with Crippen LogP contribution in [0.25, 0.3) is 0 Å². The van der Waals surface area contributed by atoms with Gasteiger partial charge in [0.1, 0.15) is 0 Å². The van der Waals surface area contributed by atoms with E-state index >= 15 is 0 Å². The Morgan fingerprint density at radius 3 is 2.82 bits per heavy atom. The van der Waals surface area contributed by atoms with E-state index in [9.17, 15) is 0 Å². The number of nitriles is 1. The van der Waals surface area contributed by atoms with Crippen molar-refractivity contribution in [1.29, 1.82) is 5.26 Å². The highest BCUT2D eigenvalue weighted by Gasteiger charge is 2.40. The molecule has 2 aliphatic heterocycles. The molecule has 0 atom stereocenters. The third-order valence-electron chi connectivity index (χ3n) is 4.15. The molecule has 1 N–H and O–H groups in total. The summed E-state index contributed by atoms with van der Waals surface area (Å²) >= 11 is 0. The minimum atomic E-state index is 0.183. The average Bonchev–Trinajstić information content (AvgIpc) is 2.73. The van der Waals surface area contributed by atoms with Gasteiger partial charge in [-0.15, -0.1) is 0 Å². The molecular weight excluding hydrogens is 210 g/mol. The summed E-state index contributed by atoms with van der Waals surface area (Å²) in [5.74, 6) is 0. The molecule has 1 aromatic carbocycles. The predicted molar refractivity (Wildman–Crippen MR) is 66.2 cm³/mol. The lowest BCUT2D eigenvalue weighted by Gasteiger charge is -2.39. The Labute approximate surface area is 102 Å². The van der Waals surface area contributed by atoms with Gasteiger partial charge in [0.25, 0.3) is 0 Å². The summed E-state index contributed by atoms with van der Waals surface area (Å²) in [6, 6.07) is 11.0. The van der Waals surface area contributed by atoms with Crippen LogP contribution < -0.4 is 5.32 Å². The lowest BCUT2D eigenvalue weighted by atomic mass is 9.82. The van der Waals surface area contributed by atoms with Crippen molar-refractivity contribution in [2.75, 3.05) is 19.6 Å². The number of benzene rings is 1. The van der Waals surface area contributed by atoms with Crippen LogP contribution in [-0.4, -0.2) is 24.5 Å². The third-order valence-corrected chi connectivity index (χ3v) is 4.15. The number of likely N-dealkylation sites (tertiary alicyclic amines) is 1. The van der Waals surface area contributed by atoms with E-state index in [1.807, 2.05) is 0 Å². The monoisotopic (exact) mass is 227 g/mol. The lowest BCUT2D eigenvalue weighted by Crippen LogP contribution is -2.47. The van der Waals surface area contributed by atoms with E-state index in [1.165, 1.54) is 11.1 Å². The number of hydrogen-bond acceptors (Lipinski definition) is 3. The van der Waals surface area contributed by atoms with Crippen LogP contribution in [0.15, 0.2) is 24.3 Å². The van der Waals surface area contributed by atoms with E-state index in [0.717, 1.165) is 32.5 Å². The first-order chi connectivity index (χ1) is 8.34. The first-order valence-corrected chi connectivity index (χ1v) is 6.27. The molecule has 1 fully saturated rings. The topological polar surface area (TPSA) is 39.1 Å². The van der Waals surface area contributed by atoms with Gasteiger partial charge < -0.3 is 5.32 Å². The van der Waals surface area contributed by atoms with E-state index in [1.54, 1.807) is 0 Å². The molecule has 1 spiro atoms. The molecule has 0 unspecified atom stereocenters. The summed E-state index contributed by atoms with van der Waals surface area (Å²) in [7, 11) is 0. The van der Waals surface area contributed by atoms with Gasteiger partial charge in [0, 0.05) is 25.2 Å². The second-order valence-electron chi connectivity index (χ2n) is 5.03. The van der Waals surface area contributed by atoms with Crippen molar-refractivity contribution in [1.82, 2.24) is 10.2 Å². The first-order valence-electron chi connectivity index (χ1n) is 6.27. The van der Waals surface area contributed by atoms with Gasteiger partial charge in [0.15, 0.2) is 0 Å². The maximum atomic E-state index is 8.73. The average molecular weight is 227 g/mol. The summed E-state index contributed by atoms with van der Waals surface area (Å²) in [4.78, 5) is 2.24. The first kappa shape index (κ1) is 10.8. The van der Waals surface area contributed by atoms with Gasteiger partial charge in [0.05, 0.1) is 12.6 Å². The predicted octanol–water partition coefficient (Wildman–Crippen LogP) is 1.60. The van der Waals surface area contributed by atoms with Crippen LogP contribution in [0.5, 0.6) is 0 Å². The molecular formula is C14H17N3. The zero-order valence-corrected chi connectivity index (χ0v) is 9.95. The van der Waals surface area contributed by atoms with Gasteiger partial charge in [-0.2, -0.15) is 5.26 Å². The van der Waals surface area contributed by atoms with Crippen molar-refractivity contribution in [2.24, 2.45) is 0 Å². The molecule has 0 bridgehead atoms. The van der Waals surface area contributed by atoms with Gasteiger partial charge in [0.2, 0.25) is 0 Å². The Bertz CT molecular complexity index is 453. The van der Waals surface area contributed by atoms with Crippen LogP contribution in [0.2, 0.25) is 0 Å². The molecule has 2 heterocycles. The van der Waals surface area contributed by atoms with Crippen molar-refractivity contribution in [3.8, 4) is 6.07 Å². The number of hydrogen-bond donors (Lipinski definition) is 1. The number of rotatable bonds is 1. The number of piperidine rings is 1. The maximum absolute atomic E-state index is 8.73. The number of nitrogens with one attached hydrogen (secondary N) is 1. The summed E-state index contributed by atoms with van der Waals surface area (Å²) < 4.78 is 0. The molecule has 2 aliphatic rings. The van der Waals surface area contributed by atoms with Gasteiger partial charge >= 0.3 is 0 Å². The molecule has 1 saturated heterocycles. The van der Waals surface area contributed by atoms with E-state index < -0.39 is 0 Å². The van der Waals surface area contributed by atoms with E-state index in [0.29, 0.717) is 6.54 Å². The molecule has 3 rings (SSSR count). The highest BCUT2D eigenvalue weighted by molar-refractivity contribution is 5.38. The fourth-order valence-electron chi connectivity index (χ4n) is 3.14. The largest absolute Gasteiger partial charge is 0.303 e. The Kier molecular flexibility index (Phi) is 2.62. The zero-order chi connectivity index (χ0) is 11.7. The highest BCUT2D eigenvalue weighted by Crippen LogP contribution is 2.39. The Morgan fingerprint density at radius 2 is 2.06 bits per heavy atom. The standard InChI is InChI=1S/C14H17N3/c15-7-10-17-8-5-14(6-9-17)13-4-2-1-3-12(13)11-16-14/h1-4,16H,5-6,8-11H2. The molecule has 17 heavy (non-hydrogen) atoms. The minimum Gasteiger partial charge on any atom is -0.303 e. The quantitative estimate of drug-likeness (QED) is 0.741. The minimum absolute atomic E-state index is 0.183. The smallest absolute Gasteiger partial charge is 0.0866 e. The van der Waals surface area contributed by atoms with E-state index in [4.69, 9.17) is 5.26 Å². The molecule has 0 aliphatic carbocycles. The van der Waals surface area contributed by atoms with Crippen LogP contribution in [0.4, 0.5) is 0 Å². The summed E-state index contributed by atoms with van der Waals surface area (Å²) in [6.45, 7) is 3.61. The van der Waals surface area contributed by atoms with Crippen molar-refractivity contribution in [2.45, 2.75) is 24.9 Å².